The van der Waals surface area contributed by atoms with E-state index in [1.54, 1.807) is 14.2 Å². The number of hydrogen-bond donors (Lipinski definition) is 2. The first kappa shape index (κ1) is 27.6. The fourth-order valence-corrected chi connectivity index (χ4v) is 4.69. The number of ether oxygens (including phenoxy) is 3. The number of fused-ring (bicyclic) bond motifs is 1. The molecule has 2 amide bonds. The van der Waals surface area contributed by atoms with Gasteiger partial charge in [-0.3, -0.25) is 9.59 Å². The van der Waals surface area contributed by atoms with E-state index in [0.29, 0.717) is 42.3 Å². The van der Waals surface area contributed by atoms with Gasteiger partial charge in [-0.05, 0) is 61.7 Å². The Morgan fingerprint density at radius 1 is 0.872 bits per heavy atom. The van der Waals surface area contributed by atoms with Crippen LogP contribution in [0.1, 0.15) is 34.1 Å². The first-order valence-corrected chi connectivity index (χ1v) is 13.0. The highest BCUT2D eigenvalue weighted by Gasteiger charge is 2.20. The summed E-state index contributed by atoms with van der Waals surface area (Å²) < 4.78 is 18.6. The van der Waals surface area contributed by atoms with Crippen LogP contribution in [0.5, 0.6) is 17.2 Å². The highest BCUT2D eigenvalue weighted by atomic mass is 16.5. The van der Waals surface area contributed by atoms with Gasteiger partial charge < -0.3 is 29.4 Å². The molecule has 4 aromatic rings. The molecule has 204 valence electrons. The summed E-state index contributed by atoms with van der Waals surface area (Å²) in [5.74, 6) is 1.49. The summed E-state index contributed by atoms with van der Waals surface area (Å²) in [6, 6.07) is 21.0. The normalized spacial score (nSPS) is 10.8. The zero-order valence-electron chi connectivity index (χ0n) is 22.9. The monoisotopic (exact) mass is 529 g/mol. The van der Waals surface area contributed by atoms with Crippen molar-refractivity contribution < 1.29 is 23.8 Å². The van der Waals surface area contributed by atoms with Crippen LogP contribution in [0.4, 0.5) is 0 Å². The summed E-state index contributed by atoms with van der Waals surface area (Å²) >= 11 is 0. The molecule has 3 aromatic carbocycles. The zero-order valence-corrected chi connectivity index (χ0v) is 22.9. The lowest BCUT2D eigenvalue weighted by atomic mass is 10.1. The van der Waals surface area contributed by atoms with Crippen molar-refractivity contribution in [1.29, 1.82) is 0 Å². The fraction of sp³-hybridized carbons (Fsp3) is 0.290. The number of aromatic nitrogens is 1. The Balaban J connectivity index is 1.43. The summed E-state index contributed by atoms with van der Waals surface area (Å²) in [6.45, 7) is 5.51. The van der Waals surface area contributed by atoms with Gasteiger partial charge in [-0.1, -0.05) is 36.4 Å². The first-order chi connectivity index (χ1) is 18.9. The number of amides is 2. The Morgan fingerprint density at radius 3 is 2.36 bits per heavy atom. The summed E-state index contributed by atoms with van der Waals surface area (Å²) in [5.41, 5.74) is 4.49. The van der Waals surface area contributed by atoms with Gasteiger partial charge in [0, 0.05) is 36.2 Å². The molecular formula is C31H35N3O5. The van der Waals surface area contributed by atoms with Crippen LogP contribution in [0, 0.1) is 6.92 Å². The van der Waals surface area contributed by atoms with Crippen LogP contribution < -0.4 is 24.8 Å². The number of nitrogens with one attached hydrogen (secondary N) is 2. The summed E-state index contributed by atoms with van der Waals surface area (Å²) in [6.07, 6.45) is 0.643. The molecule has 0 atom stereocenters. The van der Waals surface area contributed by atoms with Gasteiger partial charge >= 0.3 is 0 Å². The van der Waals surface area contributed by atoms with Crippen molar-refractivity contribution in [2.45, 2.75) is 33.4 Å². The third-order valence-electron chi connectivity index (χ3n) is 6.69. The Bertz CT molecular complexity index is 1450. The maximum atomic E-state index is 13.3. The van der Waals surface area contributed by atoms with Crippen molar-refractivity contribution >= 4 is 22.7 Å². The number of benzene rings is 3. The van der Waals surface area contributed by atoms with Crippen molar-refractivity contribution in [2.24, 2.45) is 0 Å². The molecule has 2 N–H and O–H groups in total. The molecule has 0 bridgehead atoms. The molecular weight excluding hydrogens is 494 g/mol. The SMILES string of the molecule is CCn1c(C)c(C(=O)NCCc2ccc(OC)c(OC)c2)c2cc(OCC(=O)NCc3ccccc3)ccc21. The van der Waals surface area contributed by atoms with Gasteiger partial charge in [0.2, 0.25) is 0 Å². The lowest BCUT2D eigenvalue weighted by molar-refractivity contribution is -0.123. The van der Waals surface area contributed by atoms with E-state index < -0.39 is 0 Å². The topological polar surface area (TPSA) is 90.8 Å². The molecule has 1 heterocycles. The molecule has 8 nitrogen and oxygen atoms in total. The number of methoxy groups -OCH3 is 2. The van der Waals surface area contributed by atoms with E-state index in [4.69, 9.17) is 14.2 Å². The van der Waals surface area contributed by atoms with E-state index in [1.807, 2.05) is 80.6 Å². The maximum absolute atomic E-state index is 13.3. The summed E-state index contributed by atoms with van der Waals surface area (Å²) in [7, 11) is 3.20. The Morgan fingerprint density at radius 2 is 1.64 bits per heavy atom. The van der Waals surface area contributed by atoms with Crippen LogP contribution in [0.2, 0.25) is 0 Å². The average Bonchev–Trinajstić information content (AvgIpc) is 3.25. The smallest absolute Gasteiger partial charge is 0.258 e. The van der Waals surface area contributed by atoms with Gasteiger partial charge in [0.1, 0.15) is 5.75 Å². The largest absolute Gasteiger partial charge is 0.493 e. The van der Waals surface area contributed by atoms with Gasteiger partial charge in [-0.15, -0.1) is 0 Å². The minimum absolute atomic E-state index is 0.112. The second-order valence-electron chi connectivity index (χ2n) is 9.13. The van der Waals surface area contributed by atoms with E-state index in [1.165, 1.54) is 0 Å². The quantitative estimate of drug-likeness (QED) is 0.279. The molecule has 1 aromatic heterocycles. The van der Waals surface area contributed by atoms with Gasteiger partial charge in [-0.2, -0.15) is 0 Å². The second kappa shape index (κ2) is 12.9. The van der Waals surface area contributed by atoms with Gasteiger partial charge in [-0.25, -0.2) is 0 Å². The Hall–Kier alpha value is -4.46. The molecule has 4 rings (SSSR count). The number of hydrogen-bond acceptors (Lipinski definition) is 5. The molecule has 0 aliphatic carbocycles. The van der Waals surface area contributed by atoms with Crippen LogP contribution in [0.3, 0.4) is 0 Å². The van der Waals surface area contributed by atoms with E-state index in [9.17, 15) is 9.59 Å². The molecule has 0 radical (unpaired) electrons. The molecule has 0 saturated carbocycles. The zero-order chi connectivity index (χ0) is 27.8. The molecule has 0 saturated heterocycles. The van der Waals surface area contributed by atoms with Crippen molar-refractivity contribution in [3.05, 3.63) is 89.1 Å². The molecule has 0 aliphatic rings. The molecule has 0 fully saturated rings. The number of carbonyl (C=O) groups excluding carboxylic acids is 2. The van der Waals surface area contributed by atoms with Gasteiger partial charge in [0.05, 0.1) is 19.8 Å². The van der Waals surface area contributed by atoms with Crippen molar-refractivity contribution in [1.82, 2.24) is 15.2 Å². The van der Waals surface area contributed by atoms with E-state index in [-0.39, 0.29) is 18.4 Å². The third kappa shape index (κ3) is 6.52. The summed E-state index contributed by atoms with van der Waals surface area (Å²) in [4.78, 5) is 25.7. The Labute approximate surface area is 228 Å². The molecule has 0 unspecified atom stereocenters. The van der Waals surface area contributed by atoms with Crippen LogP contribution >= 0.6 is 0 Å². The average molecular weight is 530 g/mol. The Kier molecular flexibility index (Phi) is 9.10. The number of aryl methyl sites for hydroxylation is 1. The van der Waals surface area contributed by atoms with Crippen molar-refractivity contribution in [2.75, 3.05) is 27.4 Å². The van der Waals surface area contributed by atoms with Crippen LogP contribution in [0.25, 0.3) is 10.9 Å². The fourth-order valence-electron chi connectivity index (χ4n) is 4.69. The highest BCUT2D eigenvalue weighted by molar-refractivity contribution is 6.08. The first-order valence-electron chi connectivity index (χ1n) is 13.0. The lowest BCUT2D eigenvalue weighted by Gasteiger charge is -2.10. The maximum Gasteiger partial charge on any atom is 0.258 e. The minimum atomic E-state index is -0.214. The van der Waals surface area contributed by atoms with Crippen LogP contribution in [-0.4, -0.2) is 43.8 Å². The van der Waals surface area contributed by atoms with E-state index >= 15 is 0 Å². The number of carbonyl (C=O) groups is 2. The molecule has 0 spiro atoms. The minimum Gasteiger partial charge on any atom is -0.493 e. The van der Waals surface area contributed by atoms with Gasteiger partial charge in [0.15, 0.2) is 18.1 Å². The van der Waals surface area contributed by atoms with E-state index in [2.05, 4.69) is 15.2 Å². The molecule has 39 heavy (non-hydrogen) atoms. The number of nitrogens with zero attached hydrogens (tertiary/aromatic N) is 1. The number of rotatable bonds is 12. The molecule has 8 heteroatoms. The van der Waals surface area contributed by atoms with Gasteiger partial charge in [0.25, 0.3) is 11.8 Å². The highest BCUT2D eigenvalue weighted by Crippen LogP contribution is 2.30. The second-order valence-corrected chi connectivity index (χ2v) is 9.13. The molecule has 0 aliphatic heterocycles. The predicted octanol–water partition coefficient (Wildman–Crippen LogP) is 4.65. The lowest BCUT2D eigenvalue weighted by Crippen LogP contribution is -2.28. The summed E-state index contributed by atoms with van der Waals surface area (Å²) in [5, 5.41) is 6.71. The van der Waals surface area contributed by atoms with Crippen molar-refractivity contribution in [3.63, 3.8) is 0 Å². The van der Waals surface area contributed by atoms with Crippen LogP contribution in [-0.2, 0) is 24.3 Å². The van der Waals surface area contributed by atoms with E-state index in [0.717, 1.165) is 34.3 Å². The third-order valence-corrected chi connectivity index (χ3v) is 6.69. The standard InChI is InChI=1S/C31H35N3O5/c1-5-34-21(2)30(31(36)32-16-15-22-11-14-27(37-3)28(17-22)38-4)25-18-24(12-13-26(25)34)39-20-29(35)33-19-23-9-7-6-8-10-23/h6-14,17-18H,5,15-16,19-20H2,1-4H3,(H,32,36)(H,33,35). The predicted molar refractivity (Wildman–Crippen MR) is 152 cm³/mol. The van der Waals surface area contributed by atoms with Crippen molar-refractivity contribution in [3.8, 4) is 17.2 Å². The van der Waals surface area contributed by atoms with Crippen LogP contribution in [0.15, 0.2) is 66.7 Å².